The molecule has 36 nitrogen and oxygen atoms in total. The van der Waals surface area contributed by atoms with Crippen molar-refractivity contribution in [3.63, 3.8) is 0 Å². The van der Waals surface area contributed by atoms with E-state index in [1.807, 2.05) is 20.8 Å². The smallest absolute Gasteiger partial charge is 0.416 e. The third-order valence-electron chi connectivity index (χ3n) is 16.4. The van der Waals surface area contributed by atoms with E-state index >= 15 is 0 Å². The molecule has 112 heavy (non-hydrogen) atoms. The van der Waals surface area contributed by atoms with E-state index in [0.717, 1.165) is 125 Å². The van der Waals surface area contributed by atoms with E-state index in [-0.39, 0.29) is 39.2 Å². The van der Waals surface area contributed by atoms with Gasteiger partial charge in [-0.1, -0.05) is 58.0 Å². The fourth-order valence-electron chi connectivity index (χ4n) is 10.5. The number of anilines is 2. The molecule has 13 rings (SSSR count). The highest BCUT2D eigenvalue weighted by atomic mass is 35.5. The van der Waals surface area contributed by atoms with Gasteiger partial charge in [-0.05, 0) is 81.2 Å². The van der Waals surface area contributed by atoms with E-state index in [4.69, 9.17) is 107 Å². The zero-order chi connectivity index (χ0) is 81.7. The summed E-state index contributed by atoms with van der Waals surface area (Å²) in [5.41, 5.74) is 11.6. The number of rotatable bonds is 19. The number of amides is 2. The van der Waals surface area contributed by atoms with Crippen LogP contribution in [0.25, 0.3) is 22.6 Å². The van der Waals surface area contributed by atoms with Crippen LogP contribution in [0.3, 0.4) is 0 Å². The highest BCUT2D eigenvalue weighted by molar-refractivity contribution is 6.33. The summed E-state index contributed by atoms with van der Waals surface area (Å²) in [4.78, 5) is 99.1. The number of esters is 2. The number of Topliss-reactive ketones (excluding diaryl/α,β-unsaturated/α-hetero) is 1. The number of fused-ring (bicyclic) bond motifs is 4. The molecule has 0 aromatic carbocycles. The predicted octanol–water partition coefficient (Wildman–Crippen LogP) is 7.83. The summed E-state index contributed by atoms with van der Waals surface area (Å²) in [6, 6.07) is 6.80. The molecule has 8 aromatic rings. The number of carboxylic acids is 1. The van der Waals surface area contributed by atoms with Gasteiger partial charge in [0.05, 0.1) is 96.4 Å². The van der Waals surface area contributed by atoms with Gasteiger partial charge in [-0.15, -0.1) is 0 Å². The molecule has 2 amide bonds. The van der Waals surface area contributed by atoms with Crippen LogP contribution in [-0.4, -0.2) is 319 Å². The highest BCUT2D eigenvalue weighted by Gasteiger charge is 2.30. The Labute approximate surface area is 674 Å². The average Bonchev–Trinajstić information content (AvgIpc) is 1.55. The molecule has 6 N–H and O–H groups in total. The predicted molar refractivity (Wildman–Crippen MR) is 422 cm³/mol. The number of aromatic nitrogens is 12. The summed E-state index contributed by atoms with van der Waals surface area (Å²) in [6.45, 7) is 35.9. The van der Waals surface area contributed by atoms with E-state index in [1.165, 1.54) is 75.1 Å². The van der Waals surface area contributed by atoms with Crippen LogP contribution in [0.2, 0.25) is 25.8 Å². The fourth-order valence-corrected chi connectivity index (χ4v) is 11.5. The molecule has 0 unspecified atom stereocenters. The minimum atomic E-state index is -1.18. The number of halogens is 5. The third-order valence-corrected chi connectivity index (χ3v) is 17.5. The number of carbonyl (C=O) groups excluding carboxylic acids is 5. The second-order valence-corrected chi connectivity index (χ2v) is 29.4. The Kier molecular flexibility index (Phi) is 36.7. The van der Waals surface area contributed by atoms with Crippen LogP contribution in [0.1, 0.15) is 117 Å². The minimum Gasteiger partial charge on any atom is -0.477 e. The second kappa shape index (κ2) is 45.1. The van der Waals surface area contributed by atoms with Gasteiger partial charge in [0, 0.05) is 142 Å². The maximum absolute atomic E-state index is 13.0. The van der Waals surface area contributed by atoms with Crippen molar-refractivity contribution in [2.45, 2.75) is 92.4 Å². The van der Waals surface area contributed by atoms with Crippen molar-refractivity contribution < 1.29 is 71.8 Å². The van der Waals surface area contributed by atoms with Crippen LogP contribution in [-0.2, 0) is 37.9 Å². The van der Waals surface area contributed by atoms with Gasteiger partial charge in [0.2, 0.25) is 0 Å². The normalized spacial score (nSPS) is 15.5. The number of ketones is 1. The summed E-state index contributed by atoms with van der Waals surface area (Å²) in [6.07, 6.45) is 8.79. The Bertz CT molecular complexity index is 4340. The van der Waals surface area contributed by atoms with E-state index in [2.05, 4.69) is 65.2 Å². The molecular formula is C71H102Cl5N21O15. The van der Waals surface area contributed by atoms with Crippen molar-refractivity contribution in [1.29, 1.82) is 0 Å². The van der Waals surface area contributed by atoms with Crippen LogP contribution in [0.15, 0.2) is 55.2 Å². The molecule has 0 radical (unpaired) electrons. The number of carbonyl (C=O) groups is 6. The first-order valence-electron chi connectivity index (χ1n) is 36.6. The van der Waals surface area contributed by atoms with Gasteiger partial charge in [-0.25, -0.2) is 52.9 Å². The zero-order valence-corrected chi connectivity index (χ0v) is 68.6. The molecule has 0 spiro atoms. The maximum Gasteiger partial charge on any atom is 0.416 e. The Morgan fingerprint density at radius 2 is 0.973 bits per heavy atom. The van der Waals surface area contributed by atoms with Crippen LogP contribution < -0.4 is 21.7 Å². The maximum atomic E-state index is 13.0. The Morgan fingerprint density at radius 1 is 0.554 bits per heavy atom. The van der Waals surface area contributed by atoms with Gasteiger partial charge in [-0.3, -0.25) is 29.3 Å². The van der Waals surface area contributed by atoms with Crippen LogP contribution in [0, 0.1) is 0 Å². The van der Waals surface area contributed by atoms with Crippen molar-refractivity contribution in [3.8, 4) is 0 Å². The van der Waals surface area contributed by atoms with Crippen molar-refractivity contribution >= 4 is 128 Å². The Hall–Kier alpha value is -8.05. The number of ether oxygens (including phenoxy) is 8. The first kappa shape index (κ1) is 91.1. The molecule has 12 heterocycles. The SMILES string of the molecule is CC(=O)c1cnn2c(Cl)cc(Cl)nc12.CC(C)(C)OC(=O)N(CCN1CCOCC1)c1cc(Cl)nc2c(C(=O)O)cnn12.CCOC(=O)c1cnn2c(NCCN3CCOCC3)cc(Cl)nc12.CCOC(=O)c1cnn2ccc(Cl)nc12.CN(CCN1CCOCC1)C(=O)OC(C)(C)C.NC1CC1.NCCN1CCOCC1. The van der Waals surface area contributed by atoms with Gasteiger partial charge in [0.15, 0.2) is 28.4 Å². The third kappa shape index (κ3) is 29.7. The molecule has 41 heteroatoms. The Balaban J connectivity index is 0.000000190. The zero-order valence-electron chi connectivity index (χ0n) is 64.8. The number of aromatic carboxylic acids is 1. The Morgan fingerprint density at radius 3 is 1.47 bits per heavy atom. The summed E-state index contributed by atoms with van der Waals surface area (Å²) in [7, 11) is 1.77. The molecule has 1 saturated carbocycles. The quantitative estimate of drug-likeness (QED) is 0.0259. The van der Waals surface area contributed by atoms with Crippen LogP contribution in [0.5, 0.6) is 0 Å². The number of nitrogens with one attached hydrogen (secondary N) is 1. The number of hydrogen-bond donors (Lipinski definition) is 4. The van der Waals surface area contributed by atoms with Gasteiger partial charge >= 0.3 is 30.1 Å². The first-order valence-corrected chi connectivity index (χ1v) is 38.5. The van der Waals surface area contributed by atoms with Crippen molar-refractivity contribution in [2.24, 2.45) is 11.5 Å². The van der Waals surface area contributed by atoms with Crippen molar-refractivity contribution in [3.05, 3.63) is 103 Å². The second-order valence-electron chi connectivity index (χ2n) is 27.5. The van der Waals surface area contributed by atoms with Crippen molar-refractivity contribution in [2.75, 3.05) is 188 Å². The number of hydrogen-bond acceptors (Lipinski definition) is 29. The fraction of sp³-hybridized carbons (Fsp3) is 0.577. The van der Waals surface area contributed by atoms with Gasteiger partial charge < -0.3 is 64.7 Å². The molecule has 1 aliphatic carbocycles. The monoisotopic (exact) mass is 1660 g/mol. The minimum absolute atomic E-state index is 0.0513. The first-order chi connectivity index (χ1) is 53.4. The average molecular weight is 1670 g/mol. The van der Waals surface area contributed by atoms with Gasteiger partial charge in [-0.2, -0.15) is 29.4 Å². The lowest BCUT2D eigenvalue weighted by molar-refractivity contribution is 0.0187. The summed E-state index contributed by atoms with van der Waals surface area (Å²) < 4.78 is 47.5. The number of carboxylic acid groups (broad SMARTS) is 1. The molecule has 0 bridgehead atoms. The summed E-state index contributed by atoms with van der Waals surface area (Å²) >= 11 is 29.5. The topological polar surface area (TPSA) is 401 Å². The molecule has 4 saturated heterocycles. The standard InChI is InChI=1S/C18H24ClN5O5.C15H20ClN5O3.C12H24N2O3.C9H8ClN3O2.C8H5Cl2N3O.C6H14N2O.C3H7N/c1-18(2,3)29-17(27)23(5-4-22-6-8-28-9-7-22)14-10-13(19)21-15-12(16(25)26)11-20-24(14)15;1-2-24-15(22)11-10-18-21-13(9-12(16)19-14(11)21)17-3-4-20-5-7-23-8-6-20;1-12(2,3)17-11(15)13(4)5-6-14-7-9-16-10-8-14;1-2-15-9(14)6-5-11-13-4-3-7(10)12-8(6)13;1-4(14)5-3-11-13-7(10)2-6(9)12-8(5)13;7-1-2-8-3-5-9-6-4-8;4-3-1-2-3/h10-11H,4-9H2,1-3H3,(H,25,26);9-10,17H,2-8H2,1H3;5-10H2,1-4H3;3-5H,2H2,1H3;2-3H,1H3;1-7H2;3H,1-2,4H2. The molecule has 5 aliphatic rings. The molecule has 616 valence electrons. The largest absolute Gasteiger partial charge is 0.477 e. The van der Waals surface area contributed by atoms with E-state index in [0.29, 0.717) is 107 Å². The molecule has 0 atom stereocenters. The lowest BCUT2D eigenvalue weighted by Crippen LogP contribution is -2.45. The summed E-state index contributed by atoms with van der Waals surface area (Å²) in [5.74, 6) is -1.23. The number of nitrogens with zero attached hydrogens (tertiary/aromatic N) is 18. The number of likely N-dealkylation sites (N-methyl/N-ethyl adjacent to an activating group) is 1. The van der Waals surface area contributed by atoms with Crippen molar-refractivity contribution in [1.82, 2.24) is 82.9 Å². The van der Waals surface area contributed by atoms with E-state index in [9.17, 15) is 33.9 Å². The van der Waals surface area contributed by atoms with Crippen LogP contribution >= 0.6 is 58.0 Å². The molecule has 8 aromatic heterocycles. The summed E-state index contributed by atoms with van der Waals surface area (Å²) in [5, 5.41) is 30.1. The van der Waals surface area contributed by atoms with Crippen LogP contribution in [0.4, 0.5) is 21.2 Å². The number of morpholine rings is 4. The van der Waals surface area contributed by atoms with Gasteiger partial charge in [0.25, 0.3) is 0 Å². The lowest BCUT2D eigenvalue weighted by Gasteiger charge is -2.31. The molecule has 5 fully saturated rings. The number of nitrogens with two attached hydrogens (primary N) is 2. The highest BCUT2D eigenvalue weighted by Crippen LogP contribution is 2.26. The van der Waals surface area contributed by atoms with E-state index in [1.54, 1.807) is 69.4 Å². The van der Waals surface area contributed by atoms with Gasteiger partial charge in [0.1, 0.15) is 65.3 Å². The molecular weight excluding hydrogens is 1560 g/mol. The molecule has 4 aliphatic heterocycles. The lowest BCUT2D eigenvalue weighted by atomic mass is 10.2. The van der Waals surface area contributed by atoms with E-state index < -0.39 is 35.2 Å².